The van der Waals surface area contributed by atoms with Crippen molar-refractivity contribution in [1.82, 2.24) is 4.90 Å². The average Bonchev–Trinajstić information content (AvgIpc) is 2.70. The van der Waals surface area contributed by atoms with Gasteiger partial charge in [-0.1, -0.05) is 6.07 Å². The van der Waals surface area contributed by atoms with E-state index in [2.05, 4.69) is 0 Å². The van der Waals surface area contributed by atoms with Crippen molar-refractivity contribution in [2.75, 3.05) is 6.54 Å². The maximum absolute atomic E-state index is 12.6. The van der Waals surface area contributed by atoms with Gasteiger partial charge in [0.15, 0.2) is 0 Å². The van der Waals surface area contributed by atoms with E-state index >= 15 is 0 Å². The number of aliphatic carboxylic acids is 1. The maximum Gasteiger partial charge on any atom is 0.305 e. The van der Waals surface area contributed by atoms with Crippen LogP contribution in [0.2, 0.25) is 0 Å². The third kappa shape index (κ3) is 3.59. The minimum atomic E-state index is -0.905. The minimum absolute atomic E-state index is 0.0572. The number of carbonyl (C=O) groups excluding carboxylic acids is 1. The van der Waals surface area contributed by atoms with Gasteiger partial charge in [0.25, 0.3) is 5.91 Å². The standard InChI is InChI=1S/C17H23NO4/c1-11(2)18(8-7-15(19)20)16(21)12-5-6-13-10-17(3,4)22-14(13)9-12/h5-6,9,11H,7-8,10H2,1-4H3,(H,19,20). The molecule has 0 bridgehead atoms. The number of carboxylic acid groups (broad SMARTS) is 1. The van der Waals surface area contributed by atoms with Crippen molar-refractivity contribution in [1.29, 1.82) is 0 Å². The third-order valence-electron chi connectivity index (χ3n) is 3.77. The van der Waals surface area contributed by atoms with Crippen molar-refractivity contribution in [3.63, 3.8) is 0 Å². The Bertz CT molecular complexity index is 592. The number of carbonyl (C=O) groups is 2. The molecule has 0 atom stereocenters. The Labute approximate surface area is 130 Å². The lowest BCUT2D eigenvalue weighted by Crippen LogP contribution is -2.38. The van der Waals surface area contributed by atoms with Gasteiger partial charge < -0.3 is 14.7 Å². The Morgan fingerprint density at radius 2 is 2.05 bits per heavy atom. The van der Waals surface area contributed by atoms with Crippen LogP contribution in [-0.4, -0.2) is 40.1 Å². The Balaban J connectivity index is 2.20. The fourth-order valence-electron chi connectivity index (χ4n) is 2.70. The third-order valence-corrected chi connectivity index (χ3v) is 3.77. The van der Waals surface area contributed by atoms with Crippen LogP contribution in [0.15, 0.2) is 18.2 Å². The Morgan fingerprint density at radius 3 is 2.64 bits per heavy atom. The Morgan fingerprint density at radius 1 is 1.36 bits per heavy atom. The summed E-state index contributed by atoms with van der Waals surface area (Å²) in [6.45, 7) is 8.00. The molecule has 0 spiro atoms. The van der Waals surface area contributed by atoms with Crippen LogP contribution in [0.5, 0.6) is 5.75 Å². The van der Waals surface area contributed by atoms with Crippen LogP contribution in [0, 0.1) is 0 Å². The highest BCUT2D eigenvalue weighted by Gasteiger charge is 2.31. The fraction of sp³-hybridized carbons (Fsp3) is 0.529. The van der Waals surface area contributed by atoms with E-state index in [1.165, 1.54) is 0 Å². The molecule has 1 aromatic carbocycles. The molecular weight excluding hydrogens is 282 g/mol. The highest BCUT2D eigenvalue weighted by molar-refractivity contribution is 5.95. The summed E-state index contributed by atoms with van der Waals surface area (Å²) in [4.78, 5) is 25.0. The Kier molecular flexibility index (Phi) is 4.44. The molecule has 1 aliphatic heterocycles. The molecule has 0 radical (unpaired) electrons. The van der Waals surface area contributed by atoms with Crippen LogP contribution in [0.4, 0.5) is 0 Å². The summed E-state index contributed by atoms with van der Waals surface area (Å²) in [6.07, 6.45) is 0.766. The second kappa shape index (κ2) is 5.99. The molecule has 0 saturated carbocycles. The highest BCUT2D eigenvalue weighted by atomic mass is 16.5. The van der Waals surface area contributed by atoms with Gasteiger partial charge in [-0.05, 0) is 45.4 Å². The predicted octanol–water partition coefficient (Wildman–Crippen LogP) is 2.73. The lowest BCUT2D eigenvalue weighted by atomic mass is 10.0. The van der Waals surface area contributed by atoms with Crippen LogP contribution < -0.4 is 4.74 Å². The summed E-state index contributed by atoms with van der Waals surface area (Å²) in [5.41, 5.74) is 1.39. The average molecular weight is 305 g/mol. The molecule has 0 saturated heterocycles. The number of hydrogen-bond donors (Lipinski definition) is 1. The van der Waals surface area contributed by atoms with E-state index in [0.29, 0.717) is 5.56 Å². The van der Waals surface area contributed by atoms with E-state index in [0.717, 1.165) is 17.7 Å². The Hall–Kier alpha value is -2.04. The summed E-state index contributed by atoms with van der Waals surface area (Å²) >= 11 is 0. The molecular formula is C17H23NO4. The lowest BCUT2D eigenvalue weighted by molar-refractivity contribution is -0.137. The van der Waals surface area contributed by atoms with Crippen molar-refractivity contribution >= 4 is 11.9 Å². The van der Waals surface area contributed by atoms with E-state index in [9.17, 15) is 9.59 Å². The van der Waals surface area contributed by atoms with Gasteiger partial charge in [0.2, 0.25) is 0 Å². The molecule has 120 valence electrons. The first kappa shape index (κ1) is 16.3. The molecule has 1 heterocycles. The SMILES string of the molecule is CC(C)N(CCC(=O)O)C(=O)c1ccc2c(c1)OC(C)(C)C2. The quantitative estimate of drug-likeness (QED) is 0.908. The monoisotopic (exact) mass is 305 g/mol. The van der Waals surface area contributed by atoms with Gasteiger partial charge in [0, 0.05) is 24.6 Å². The number of benzene rings is 1. The number of hydrogen-bond acceptors (Lipinski definition) is 3. The van der Waals surface area contributed by atoms with Crippen LogP contribution in [0.25, 0.3) is 0 Å². The number of ether oxygens (including phenoxy) is 1. The van der Waals surface area contributed by atoms with E-state index < -0.39 is 5.97 Å². The maximum atomic E-state index is 12.6. The van der Waals surface area contributed by atoms with Gasteiger partial charge >= 0.3 is 5.97 Å². The van der Waals surface area contributed by atoms with E-state index in [4.69, 9.17) is 9.84 Å². The molecule has 0 aromatic heterocycles. The molecule has 2 rings (SSSR count). The number of nitrogens with zero attached hydrogens (tertiary/aromatic N) is 1. The normalized spacial score (nSPS) is 15.3. The zero-order chi connectivity index (χ0) is 16.5. The zero-order valence-electron chi connectivity index (χ0n) is 13.5. The van der Waals surface area contributed by atoms with E-state index in [1.807, 2.05) is 33.8 Å². The molecule has 5 heteroatoms. The molecule has 0 aliphatic carbocycles. The van der Waals surface area contributed by atoms with Crippen LogP contribution in [0.1, 0.15) is 50.0 Å². The van der Waals surface area contributed by atoms with Crippen molar-refractivity contribution in [3.8, 4) is 5.75 Å². The molecule has 5 nitrogen and oxygen atoms in total. The van der Waals surface area contributed by atoms with Crippen molar-refractivity contribution in [3.05, 3.63) is 29.3 Å². The van der Waals surface area contributed by atoms with Crippen LogP contribution in [-0.2, 0) is 11.2 Å². The van der Waals surface area contributed by atoms with Gasteiger partial charge in [0.1, 0.15) is 11.4 Å². The van der Waals surface area contributed by atoms with Crippen LogP contribution >= 0.6 is 0 Å². The van der Waals surface area contributed by atoms with Gasteiger partial charge in [-0.2, -0.15) is 0 Å². The molecule has 1 amide bonds. The molecule has 1 N–H and O–H groups in total. The first-order chi connectivity index (χ1) is 10.2. The minimum Gasteiger partial charge on any atom is -0.487 e. The summed E-state index contributed by atoms with van der Waals surface area (Å²) in [5.74, 6) is -0.317. The molecule has 1 aliphatic rings. The van der Waals surface area contributed by atoms with Crippen molar-refractivity contribution in [2.45, 2.75) is 52.2 Å². The van der Waals surface area contributed by atoms with Gasteiger partial charge in [0.05, 0.1) is 6.42 Å². The molecule has 1 aromatic rings. The van der Waals surface area contributed by atoms with Crippen molar-refractivity contribution in [2.24, 2.45) is 0 Å². The predicted molar refractivity (Wildman–Crippen MR) is 83.3 cm³/mol. The van der Waals surface area contributed by atoms with E-state index in [-0.39, 0.29) is 30.5 Å². The largest absolute Gasteiger partial charge is 0.487 e. The summed E-state index contributed by atoms with van der Waals surface area (Å²) in [7, 11) is 0. The number of rotatable bonds is 5. The molecule has 22 heavy (non-hydrogen) atoms. The van der Waals surface area contributed by atoms with E-state index in [1.54, 1.807) is 17.0 Å². The lowest BCUT2D eigenvalue weighted by Gasteiger charge is -2.26. The molecule has 0 unspecified atom stereocenters. The smallest absolute Gasteiger partial charge is 0.305 e. The number of fused-ring (bicyclic) bond motifs is 1. The van der Waals surface area contributed by atoms with Crippen LogP contribution in [0.3, 0.4) is 0 Å². The summed E-state index contributed by atoms with van der Waals surface area (Å²) in [6, 6.07) is 5.43. The first-order valence-corrected chi connectivity index (χ1v) is 7.54. The second-order valence-electron chi connectivity index (χ2n) is 6.60. The first-order valence-electron chi connectivity index (χ1n) is 7.54. The van der Waals surface area contributed by atoms with Gasteiger partial charge in [-0.15, -0.1) is 0 Å². The zero-order valence-corrected chi connectivity index (χ0v) is 13.5. The number of carboxylic acids is 1. The van der Waals surface area contributed by atoms with Gasteiger partial charge in [-0.25, -0.2) is 0 Å². The highest BCUT2D eigenvalue weighted by Crippen LogP contribution is 2.35. The van der Waals surface area contributed by atoms with Crippen molar-refractivity contribution < 1.29 is 19.4 Å². The van der Waals surface area contributed by atoms with Gasteiger partial charge in [-0.3, -0.25) is 9.59 Å². The summed E-state index contributed by atoms with van der Waals surface area (Å²) < 4.78 is 5.86. The fourth-order valence-corrected chi connectivity index (χ4v) is 2.70. The second-order valence-corrected chi connectivity index (χ2v) is 6.60. The topological polar surface area (TPSA) is 66.8 Å². The molecule has 0 fully saturated rings. The summed E-state index contributed by atoms with van der Waals surface area (Å²) in [5, 5.41) is 8.82. The number of amides is 1.